The minimum absolute atomic E-state index is 0.0126. The van der Waals surface area contributed by atoms with E-state index >= 15 is 0 Å². The summed E-state index contributed by atoms with van der Waals surface area (Å²) in [7, 11) is -7.48. The lowest BCUT2D eigenvalue weighted by molar-refractivity contribution is -0.161. The summed E-state index contributed by atoms with van der Waals surface area (Å²) >= 11 is 0. The molecule has 10 nitrogen and oxygen atoms in total. The van der Waals surface area contributed by atoms with Gasteiger partial charge in [-0.3, -0.25) is 14.9 Å². The van der Waals surface area contributed by atoms with Gasteiger partial charge >= 0.3 is 6.18 Å². The molecule has 0 aliphatic carbocycles. The Kier molecular flexibility index (Phi) is 11.3. The Labute approximate surface area is 272 Å². The number of pyridine rings is 1. The molecule has 15 heteroatoms. The van der Waals surface area contributed by atoms with Gasteiger partial charge in [0.05, 0.1) is 23.5 Å². The molecule has 1 aliphatic heterocycles. The summed E-state index contributed by atoms with van der Waals surface area (Å²) in [5, 5.41) is 4.84. The Morgan fingerprint density at radius 2 is 1.60 bits per heavy atom. The largest absolute Gasteiger partial charge is 0.407 e. The summed E-state index contributed by atoms with van der Waals surface area (Å²) in [6.07, 6.45) is -2.01. The molecule has 254 valence electrons. The number of carbonyl (C=O) groups is 2. The van der Waals surface area contributed by atoms with Crippen LogP contribution in [0.1, 0.15) is 44.7 Å². The number of alkyl halides is 3. The van der Waals surface area contributed by atoms with Crippen LogP contribution in [0.4, 0.5) is 13.2 Å². The first kappa shape index (κ1) is 36.2. The first-order valence-electron chi connectivity index (χ1n) is 14.9. The quantitative estimate of drug-likeness (QED) is 0.303. The normalized spacial score (nSPS) is 18.0. The van der Waals surface area contributed by atoms with Crippen molar-refractivity contribution in [3.05, 3.63) is 78.5 Å². The topological polar surface area (TPSA) is 143 Å². The van der Waals surface area contributed by atoms with Crippen molar-refractivity contribution in [3.8, 4) is 11.1 Å². The van der Waals surface area contributed by atoms with Gasteiger partial charge in [0.2, 0.25) is 5.91 Å². The van der Waals surface area contributed by atoms with E-state index in [2.05, 4.69) is 15.6 Å². The molecule has 1 aliphatic rings. The molecule has 3 aromatic rings. The van der Waals surface area contributed by atoms with Crippen molar-refractivity contribution in [2.24, 2.45) is 5.92 Å². The molecular formula is C32H37F3N4O6S2. The van der Waals surface area contributed by atoms with Crippen molar-refractivity contribution in [2.75, 3.05) is 19.3 Å². The summed E-state index contributed by atoms with van der Waals surface area (Å²) in [5.41, 5.74) is 1.03. The Hall–Kier alpha value is -3.66. The van der Waals surface area contributed by atoms with Gasteiger partial charge in [0.15, 0.2) is 20.6 Å². The molecule has 0 bridgehead atoms. The highest BCUT2D eigenvalue weighted by atomic mass is 32.2. The second kappa shape index (κ2) is 14.6. The molecule has 4 rings (SSSR count). The van der Waals surface area contributed by atoms with Crippen LogP contribution in [0.25, 0.3) is 11.1 Å². The number of halogens is 3. The average molecular weight is 695 g/mol. The van der Waals surface area contributed by atoms with Gasteiger partial charge in [-0.25, -0.2) is 21.8 Å². The third-order valence-electron chi connectivity index (χ3n) is 7.76. The molecule has 3 atom stereocenters. The summed E-state index contributed by atoms with van der Waals surface area (Å²) in [6, 6.07) is 11.3. The van der Waals surface area contributed by atoms with Gasteiger partial charge in [-0.05, 0) is 66.1 Å². The van der Waals surface area contributed by atoms with Crippen molar-refractivity contribution in [2.45, 2.75) is 67.3 Å². The van der Waals surface area contributed by atoms with Crippen LogP contribution < -0.4 is 10.6 Å². The van der Waals surface area contributed by atoms with Gasteiger partial charge in [-0.15, -0.1) is 0 Å². The van der Waals surface area contributed by atoms with Gasteiger partial charge in [-0.2, -0.15) is 17.5 Å². The standard InChI is InChI=1S/C32H37F3N4O6S2/c1-21(2)19-27(31(41)38-26-7-6-18-39(20-28(26)40)47(44,45)29-8-4-5-17-36-29)37-30(32(33,34)35)24-11-9-22(10-12-24)23-13-15-25(16-14-23)46(3,42)43/h4-5,8-17,21,26-27,30,37H,6-7,18-20H2,1-3H3,(H,38,41)/t26?,27-,30-/m0/s1. The Bertz CT molecular complexity index is 1770. The highest BCUT2D eigenvalue weighted by Crippen LogP contribution is 2.35. The fourth-order valence-electron chi connectivity index (χ4n) is 5.32. The van der Waals surface area contributed by atoms with E-state index in [1.54, 1.807) is 32.0 Å². The van der Waals surface area contributed by atoms with E-state index in [0.29, 0.717) is 11.1 Å². The number of nitrogens with zero attached hydrogens (tertiary/aromatic N) is 2. The molecule has 0 radical (unpaired) electrons. The van der Waals surface area contributed by atoms with E-state index in [1.807, 2.05) is 0 Å². The number of aromatic nitrogens is 1. The number of sulfone groups is 1. The number of nitrogens with one attached hydrogen (secondary N) is 2. The lowest BCUT2D eigenvalue weighted by atomic mass is 9.97. The van der Waals surface area contributed by atoms with E-state index in [0.717, 1.165) is 10.6 Å². The van der Waals surface area contributed by atoms with Crippen LogP contribution in [0.3, 0.4) is 0 Å². The van der Waals surface area contributed by atoms with Gasteiger partial charge in [-0.1, -0.05) is 56.3 Å². The van der Waals surface area contributed by atoms with E-state index in [9.17, 15) is 39.6 Å². The molecule has 0 saturated carbocycles. The zero-order valence-corrected chi connectivity index (χ0v) is 27.7. The average Bonchev–Trinajstić information content (AvgIpc) is 3.20. The summed E-state index contributed by atoms with van der Waals surface area (Å²) in [6.45, 7) is 3.01. The molecule has 1 amide bonds. The number of rotatable bonds is 11. The zero-order chi connectivity index (χ0) is 34.6. The predicted molar refractivity (Wildman–Crippen MR) is 169 cm³/mol. The first-order chi connectivity index (χ1) is 22.0. The molecule has 1 fully saturated rings. The molecular weight excluding hydrogens is 658 g/mol. The van der Waals surface area contributed by atoms with Gasteiger partial charge < -0.3 is 5.32 Å². The monoisotopic (exact) mass is 694 g/mol. The maximum absolute atomic E-state index is 14.4. The smallest absolute Gasteiger partial charge is 0.345 e. The minimum Gasteiger partial charge on any atom is -0.345 e. The van der Waals surface area contributed by atoms with Crippen molar-refractivity contribution < 1.29 is 39.6 Å². The maximum atomic E-state index is 14.4. The van der Waals surface area contributed by atoms with Crippen LogP contribution in [-0.2, 0) is 29.4 Å². The molecule has 0 spiro atoms. The third-order valence-corrected chi connectivity index (χ3v) is 10.6. The van der Waals surface area contributed by atoms with Crippen LogP contribution in [0.2, 0.25) is 0 Å². The van der Waals surface area contributed by atoms with E-state index < -0.39 is 62.4 Å². The fourth-order valence-corrected chi connectivity index (χ4v) is 7.33. The highest BCUT2D eigenvalue weighted by molar-refractivity contribution is 7.90. The lowest BCUT2D eigenvalue weighted by Crippen LogP contribution is -2.53. The number of ketones is 1. The molecule has 1 aromatic heterocycles. The van der Waals surface area contributed by atoms with Crippen molar-refractivity contribution in [1.29, 1.82) is 0 Å². The third kappa shape index (κ3) is 9.24. The molecule has 1 unspecified atom stereocenters. The van der Waals surface area contributed by atoms with Crippen LogP contribution in [0.5, 0.6) is 0 Å². The lowest BCUT2D eigenvalue weighted by Gasteiger charge is -2.29. The predicted octanol–water partition coefficient (Wildman–Crippen LogP) is 4.30. The zero-order valence-electron chi connectivity index (χ0n) is 26.1. The summed E-state index contributed by atoms with van der Waals surface area (Å²) in [5.74, 6) is -1.56. The van der Waals surface area contributed by atoms with Gasteiger partial charge in [0, 0.05) is 19.0 Å². The second-order valence-corrected chi connectivity index (χ2v) is 15.8. The summed E-state index contributed by atoms with van der Waals surface area (Å²) in [4.78, 5) is 30.6. The van der Waals surface area contributed by atoms with E-state index in [1.165, 1.54) is 54.7 Å². The van der Waals surface area contributed by atoms with E-state index in [-0.39, 0.29) is 47.2 Å². The van der Waals surface area contributed by atoms with Crippen molar-refractivity contribution in [1.82, 2.24) is 19.9 Å². The van der Waals surface area contributed by atoms with Gasteiger partial charge in [0.1, 0.15) is 6.04 Å². The van der Waals surface area contributed by atoms with Gasteiger partial charge in [0.25, 0.3) is 10.0 Å². The van der Waals surface area contributed by atoms with Crippen LogP contribution in [0.15, 0.2) is 82.8 Å². The number of amides is 1. The molecule has 2 heterocycles. The SMILES string of the molecule is CC(C)C[C@H](N[C@@H](c1ccc(-c2ccc(S(C)(=O)=O)cc2)cc1)C(F)(F)F)C(=O)NC1CCCN(S(=O)(=O)c2ccccn2)CC1=O. The van der Waals surface area contributed by atoms with E-state index in [4.69, 9.17) is 0 Å². The minimum atomic E-state index is -4.79. The van der Waals surface area contributed by atoms with Crippen LogP contribution in [0, 0.1) is 5.92 Å². The number of Topliss-reactive ketones (excluding diaryl/α,β-unsaturated/α-hetero) is 1. The van der Waals surface area contributed by atoms with Crippen LogP contribution in [-0.4, -0.2) is 75.4 Å². The Morgan fingerprint density at radius 3 is 2.13 bits per heavy atom. The Morgan fingerprint density at radius 1 is 0.979 bits per heavy atom. The highest BCUT2D eigenvalue weighted by Gasteiger charge is 2.43. The first-order valence-corrected chi connectivity index (χ1v) is 18.3. The number of benzene rings is 2. The molecule has 1 saturated heterocycles. The van der Waals surface area contributed by atoms with Crippen molar-refractivity contribution in [3.63, 3.8) is 0 Å². The summed E-state index contributed by atoms with van der Waals surface area (Å²) < 4.78 is 93.9. The molecule has 47 heavy (non-hydrogen) atoms. The maximum Gasteiger partial charge on any atom is 0.407 e. The number of hydrogen-bond donors (Lipinski definition) is 2. The number of carbonyl (C=O) groups excluding carboxylic acids is 2. The van der Waals surface area contributed by atoms with Crippen LogP contribution >= 0.6 is 0 Å². The number of sulfonamides is 1. The molecule has 2 aromatic carbocycles. The Balaban J connectivity index is 1.50. The van der Waals surface area contributed by atoms with Crippen molar-refractivity contribution >= 4 is 31.6 Å². The number of hydrogen-bond acceptors (Lipinski definition) is 8. The fraction of sp³-hybridized carbons (Fsp3) is 0.406. The molecule has 2 N–H and O–H groups in total. The second-order valence-electron chi connectivity index (χ2n) is 11.9.